The number of hydrazone groups is 1. The minimum Gasteiger partial charge on any atom is -0.494 e. The molecular weight excluding hydrogens is 484 g/mol. The first-order valence-electron chi connectivity index (χ1n) is 12.9. The van der Waals surface area contributed by atoms with Crippen molar-refractivity contribution in [1.82, 2.24) is 5.01 Å². The second kappa shape index (κ2) is 11.2. The molecule has 1 aliphatic carbocycles. The van der Waals surface area contributed by atoms with E-state index >= 15 is 0 Å². The maximum absolute atomic E-state index is 13.7. The fraction of sp³-hybridized carbons (Fsp3) is 0.290. The van der Waals surface area contributed by atoms with Crippen LogP contribution in [-0.4, -0.2) is 29.8 Å². The molecule has 5 rings (SSSR count). The Bertz CT molecular complexity index is 1300. The van der Waals surface area contributed by atoms with Gasteiger partial charge in [-0.05, 0) is 104 Å². The van der Waals surface area contributed by atoms with E-state index in [-0.39, 0.29) is 17.9 Å². The lowest BCUT2D eigenvalue weighted by Gasteiger charge is -2.29. The minimum absolute atomic E-state index is 0.122. The van der Waals surface area contributed by atoms with E-state index in [4.69, 9.17) is 26.2 Å². The van der Waals surface area contributed by atoms with Crippen molar-refractivity contribution in [3.8, 4) is 11.5 Å². The number of halogens is 1. The average molecular weight is 515 g/mol. The number of hydrogen-bond donors (Lipinski definition) is 0. The standard InChI is InChI=1S/C31H31ClN2O3/c1-3-36-26-16-8-21(9-17-26)20-24-6-5-7-28-29(24)33-34(31(35)23-10-14-25(32)15-11-23)30(28)22-12-18-27(19-13-22)37-4-2/h8-20,28,30H,3-7H2,1-2H3/b24-20+/t28-,30+/m0/s1. The van der Waals surface area contributed by atoms with E-state index in [1.807, 2.05) is 38.1 Å². The van der Waals surface area contributed by atoms with Gasteiger partial charge in [0.15, 0.2) is 0 Å². The highest BCUT2D eigenvalue weighted by atomic mass is 35.5. The number of rotatable bonds is 7. The van der Waals surface area contributed by atoms with Crippen molar-refractivity contribution in [2.24, 2.45) is 11.0 Å². The van der Waals surface area contributed by atoms with Crippen LogP contribution in [0.2, 0.25) is 5.02 Å². The third kappa shape index (κ3) is 5.42. The van der Waals surface area contributed by atoms with Gasteiger partial charge in [-0.15, -0.1) is 0 Å². The lowest BCUT2D eigenvalue weighted by molar-refractivity contribution is 0.0681. The Balaban J connectivity index is 1.52. The van der Waals surface area contributed by atoms with E-state index in [2.05, 4.69) is 30.3 Å². The van der Waals surface area contributed by atoms with Gasteiger partial charge < -0.3 is 9.47 Å². The summed E-state index contributed by atoms with van der Waals surface area (Å²) in [6.45, 7) is 5.20. The van der Waals surface area contributed by atoms with Crippen molar-refractivity contribution >= 4 is 29.3 Å². The molecule has 0 unspecified atom stereocenters. The molecule has 0 saturated heterocycles. The maximum Gasteiger partial charge on any atom is 0.274 e. The molecule has 0 aromatic heterocycles. The molecule has 1 saturated carbocycles. The predicted molar refractivity (Wildman–Crippen MR) is 148 cm³/mol. The first-order chi connectivity index (χ1) is 18.1. The van der Waals surface area contributed by atoms with Crippen LogP contribution in [0.15, 0.2) is 83.5 Å². The summed E-state index contributed by atoms with van der Waals surface area (Å²) in [5, 5.41) is 7.27. The molecule has 3 aromatic carbocycles. The van der Waals surface area contributed by atoms with Crippen LogP contribution >= 0.6 is 11.6 Å². The maximum atomic E-state index is 13.7. The Morgan fingerprint density at radius 2 is 1.57 bits per heavy atom. The topological polar surface area (TPSA) is 51.1 Å². The Hall–Kier alpha value is -3.57. The van der Waals surface area contributed by atoms with Crippen LogP contribution in [0.5, 0.6) is 11.5 Å². The van der Waals surface area contributed by atoms with E-state index < -0.39 is 0 Å². The van der Waals surface area contributed by atoms with E-state index in [0.717, 1.165) is 47.6 Å². The molecule has 1 fully saturated rings. The van der Waals surface area contributed by atoms with E-state index in [1.165, 1.54) is 5.57 Å². The highest BCUT2D eigenvalue weighted by Gasteiger charge is 2.44. The molecule has 6 heteroatoms. The van der Waals surface area contributed by atoms with Crippen molar-refractivity contribution < 1.29 is 14.3 Å². The Morgan fingerprint density at radius 3 is 2.19 bits per heavy atom. The van der Waals surface area contributed by atoms with Crippen molar-refractivity contribution in [3.05, 3.63) is 100 Å². The molecule has 0 bridgehead atoms. The van der Waals surface area contributed by atoms with Gasteiger partial charge in [-0.3, -0.25) is 4.79 Å². The van der Waals surface area contributed by atoms with Crippen LogP contribution in [0.1, 0.15) is 60.6 Å². The van der Waals surface area contributed by atoms with Crippen LogP contribution in [-0.2, 0) is 0 Å². The predicted octanol–water partition coefficient (Wildman–Crippen LogP) is 7.57. The van der Waals surface area contributed by atoms with E-state index in [0.29, 0.717) is 23.8 Å². The molecule has 190 valence electrons. The molecule has 37 heavy (non-hydrogen) atoms. The van der Waals surface area contributed by atoms with Crippen LogP contribution in [0.3, 0.4) is 0 Å². The van der Waals surface area contributed by atoms with Crippen molar-refractivity contribution in [2.75, 3.05) is 13.2 Å². The molecular formula is C31H31ClN2O3. The molecule has 0 spiro atoms. The lowest BCUT2D eigenvalue weighted by atomic mass is 9.77. The zero-order chi connectivity index (χ0) is 25.8. The Labute approximate surface area is 223 Å². The summed E-state index contributed by atoms with van der Waals surface area (Å²) < 4.78 is 11.2. The Morgan fingerprint density at radius 1 is 0.946 bits per heavy atom. The second-order valence-electron chi connectivity index (χ2n) is 9.26. The number of amides is 1. The van der Waals surface area contributed by atoms with Gasteiger partial charge >= 0.3 is 0 Å². The summed E-state index contributed by atoms with van der Waals surface area (Å²) in [5.74, 6) is 1.68. The van der Waals surface area contributed by atoms with Crippen LogP contribution in [0, 0.1) is 5.92 Å². The number of nitrogens with zero attached hydrogens (tertiary/aromatic N) is 2. The summed E-state index contributed by atoms with van der Waals surface area (Å²) in [7, 11) is 0. The van der Waals surface area contributed by atoms with Gasteiger partial charge in [0, 0.05) is 16.5 Å². The fourth-order valence-electron chi connectivity index (χ4n) is 5.18. The lowest BCUT2D eigenvalue weighted by Crippen LogP contribution is -2.31. The van der Waals surface area contributed by atoms with Crippen molar-refractivity contribution in [3.63, 3.8) is 0 Å². The Kier molecular flexibility index (Phi) is 7.61. The quantitative estimate of drug-likeness (QED) is 0.326. The number of ether oxygens (including phenoxy) is 2. The summed E-state index contributed by atoms with van der Waals surface area (Å²) in [6, 6.07) is 23.0. The molecule has 5 nitrogen and oxygen atoms in total. The van der Waals surface area contributed by atoms with Crippen LogP contribution < -0.4 is 9.47 Å². The van der Waals surface area contributed by atoms with Gasteiger partial charge in [-0.1, -0.05) is 35.9 Å². The van der Waals surface area contributed by atoms with Crippen LogP contribution in [0.25, 0.3) is 6.08 Å². The number of carbonyl (C=O) groups excluding carboxylic acids is 1. The van der Waals surface area contributed by atoms with Gasteiger partial charge in [0.2, 0.25) is 0 Å². The zero-order valence-electron chi connectivity index (χ0n) is 21.2. The second-order valence-corrected chi connectivity index (χ2v) is 9.70. The SMILES string of the molecule is CCOc1ccc(/C=C2\CCC[C@H]3C2=NN(C(=O)c2ccc(Cl)cc2)[C@@H]3c2ccc(OCC)cc2)cc1. The van der Waals surface area contributed by atoms with Gasteiger partial charge in [0.1, 0.15) is 11.5 Å². The molecule has 2 atom stereocenters. The van der Waals surface area contributed by atoms with Gasteiger partial charge in [0.05, 0.1) is 25.0 Å². The molecule has 3 aromatic rings. The summed E-state index contributed by atoms with van der Waals surface area (Å²) >= 11 is 6.08. The monoisotopic (exact) mass is 514 g/mol. The third-order valence-corrected chi connectivity index (χ3v) is 7.12. The summed E-state index contributed by atoms with van der Waals surface area (Å²) in [5.41, 5.74) is 4.91. The normalized spacial score (nSPS) is 19.9. The first kappa shape index (κ1) is 25.1. The van der Waals surface area contributed by atoms with Crippen molar-refractivity contribution in [1.29, 1.82) is 0 Å². The van der Waals surface area contributed by atoms with Crippen molar-refractivity contribution in [2.45, 2.75) is 39.2 Å². The number of benzene rings is 3. The number of hydrogen-bond acceptors (Lipinski definition) is 4. The number of fused-ring (bicyclic) bond motifs is 1. The minimum atomic E-state index is -0.183. The summed E-state index contributed by atoms with van der Waals surface area (Å²) in [4.78, 5) is 13.7. The molecule has 0 radical (unpaired) electrons. The van der Waals surface area contributed by atoms with E-state index in [9.17, 15) is 4.79 Å². The molecule has 1 heterocycles. The smallest absolute Gasteiger partial charge is 0.274 e. The number of carbonyl (C=O) groups is 1. The van der Waals surface area contributed by atoms with Gasteiger partial charge in [-0.2, -0.15) is 5.10 Å². The highest BCUT2D eigenvalue weighted by Crippen LogP contribution is 2.45. The molecule has 1 aliphatic heterocycles. The van der Waals surface area contributed by atoms with E-state index in [1.54, 1.807) is 29.3 Å². The fourth-order valence-corrected chi connectivity index (χ4v) is 5.31. The molecule has 2 aliphatic rings. The van der Waals surface area contributed by atoms with Gasteiger partial charge in [-0.25, -0.2) is 5.01 Å². The highest BCUT2D eigenvalue weighted by molar-refractivity contribution is 6.30. The van der Waals surface area contributed by atoms with Crippen LogP contribution in [0.4, 0.5) is 0 Å². The zero-order valence-corrected chi connectivity index (χ0v) is 21.9. The summed E-state index contributed by atoms with van der Waals surface area (Å²) in [6.07, 6.45) is 5.15. The number of allylic oxidation sites excluding steroid dienone is 1. The molecule has 0 N–H and O–H groups in total. The molecule has 1 amide bonds. The first-order valence-corrected chi connectivity index (χ1v) is 13.3. The average Bonchev–Trinajstić information content (AvgIpc) is 3.31. The largest absolute Gasteiger partial charge is 0.494 e. The third-order valence-electron chi connectivity index (χ3n) is 6.87. The van der Waals surface area contributed by atoms with Gasteiger partial charge in [0.25, 0.3) is 5.91 Å².